The van der Waals surface area contributed by atoms with Crippen LogP contribution in [0, 0.1) is 13.8 Å². The molecule has 0 spiro atoms. The van der Waals surface area contributed by atoms with Gasteiger partial charge in [0.2, 0.25) is 0 Å². The van der Waals surface area contributed by atoms with E-state index in [1.807, 2.05) is 18.2 Å². The second-order valence-electron chi connectivity index (χ2n) is 4.48. The van der Waals surface area contributed by atoms with Gasteiger partial charge in [0.15, 0.2) is 0 Å². The van der Waals surface area contributed by atoms with E-state index in [9.17, 15) is 0 Å². The summed E-state index contributed by atoms with van der Waals surface area (Å²) in [6.07, 6.45) is 0. The molecule has 0 aliphatic heterocycles. The molecule has 0 radical (unpaired) electrons. The van der Waals surface area contributed by atoms with Crippen molar-refractivity contribution in [3.8, 4) is 0 Å². The lowest BCUT2D eigenvalue weighted by Gasteiger charge is -2.12. The van der Waals surface area contributed by atoms with E-state index in [0.717, 1.165) is 15.7 Å². The molecular weight excluding hydrogens is 345 g/mol. The van der Waals surface area contributed by atoms with Crippen LogP contribution in [0.1, 0.15) is 16.7 Å². The Morgan fingerprint density at radius 2 is 1.58 bits per heavy atom. The Morgan fingerprint density at radius 3 is 2.11 bits per heavy atom. The zero-order valence-electron chi connectivity index (χ0n) is 10.7. The first-order valence-electron chi connectivity index (χ1n) is 5.92. The number of anilines is 1. The van der Waals surface area contributed by atoms with Gasteiger partial charge in [-0.05, 0) is 49.2 Å². The van der Waals surface area contributed by atoms with E-state index in [1.165, 1.54) is 11.1 Å². The highest BCUT2D eigenvalue weighted by molar-refractivity contribution is 9.10. The number of benzene rings is 2. The maximum absolute atomic E-state index is 6.15. The molecule has 0 unspecified atom stereocenters. The molecule has 4 heteroatoms. The van der Waals surface area contributed by atoms with E-state index in [1.54, 1.807) is 0 Å². The third-order valence-corrected chi connectivity index (χ3v) is 4.93. The summed E-state index contributed by atoms with van der Waals surface area (Å²) in [5.41, 5.74) is 4.39. The lowest BCUT2D eigenvalue weighted by atomic mass is 10.1. The van der Waals surface area contributed by atoms with E-state index in [-0.39, 0.29) is 0 Å². The second-order valence-corrected chi connectivity index (χ2v) is 6.09. The van der Waals surface area contributed by atoms with Crippen LogP contribution in [-0.4, -0.2) is 0 Å². The summed E-state index contributed by atoms with van der Waals surface area (Å²) < 4.78 is 1.15. The SMILES string of the molecule is Cc1cc(NCc2c(Cl)cccc2Cl)cc(C)c1Br. The Labute approximate surface area is 132 Å². The largest absolute Gasteiger partial charge is 0.381 e. The van der Waals surface area contributed by atoms with Crippen LogP contribution in [0.25, 0.3) is 0 Å². The van der Waals surface area contributed by atoms with Crippen LogP contribution in [0.4, 0.5) is 5.69 Å². The van der Waals surface area contributed by atoms with Crippen molar-refractivity contribution in [1.82, 2.24) is 0 Å². The first-order valence-corrected chi connectivity index (χ1v) is 7.47. The first kappa shape index (κ1) is 14.7. The van der Waals surface area contributed by atoms with Gasteiger partial charge >= 0.3 is 0 Å². The van der Waals surface area contributed by atoms with Gasteiger partial charge in [-0.15, -0.1) is 0 Å². The second kappa shape index (κ2) is 6.17. The minimum Gasteiger partial charge on any atom is -0.381 e. The van der Waals surface area contributed by atoms with E-state index >= 15 is 0 Å². The maximum Gasteiger partial charge on any atom is 0.0470 e. The third-order valence-electron chi connectivity index (χ3n) is 2.97. The molecule has 0 heterocycles. The molecule has 0 aliphatic carbocycles. The number of hydrogen-bond acceptors (Lipinski definition) is 1. The van der Waals surface area contributed by atoms with E-state index in [0.29, 0.717) is 16.6 Å². The fraction of sp³-hybridized carbons (Fsp3) is 0.200. The Hall–Kier alpha value is -0.700. The highest BCUT2D eigenvalue weighted by atomic mass is 79.9. The Bertz CT molecular complexity index is 568. The Morgan fingerprint density at radius 1 is 1.05 bits per heavy atom. The zero-order chi connectivity index (χ0) is 14.0. The summed E-state index contributed by atoms with van der Waals surface area (Å²) in [7, 11) is 0. The predicted octanol–water partition coefficient (Wildman–Crippen LogP) is 5.98. The lowest BCUT2D eigenvalue weighted by molar-refractivity contribution is 1.14. The van der Waals surface area contributed by atoms with Crippen LogP contribution in [0.5, 0.6) is 0 Å². The quantitative estimate of drug-likeness (QED) is 0.710. The predicted molar refractivity (Wildman–Crippen MR) is 87.4 cm³/mol. The highest BCUT2D eigenvalue weighted by Gasteiger charge is 2.06. The average Bonchev–Trinajstić information content (AvgIpc) is 2.35. The lowest BCUT2D eigenvalue weighted by Crippen LogP contribution is -2.01. The molecule has 0 bridgehead atoms. The van der Waals surface area contributed by atoms with Crippen molar-refractivity contribution in [3.05, 3.63) is 61.5 Å². The van der Waals surface area contributed by atoms with Crippen molar-refractivity contribution in [2.24, 2.45) is 0 Å². The molecule has 2 aromatic rings. The minimum absolute atomic E-state index is 0.610. The third kappa shape index (κ3) is 3.44. The molecule has 0 saturated heterocycles. The molecule has 1 N–H and O–H groups in total. The topological polar surface area (TPSA) is 12.0 Å². The van der Waals surface area contributed by atoms with Gasteiger partial charge in [0, 0.05) is 32.3 Å². The van der Waals surface area contributed by atoms with Gasteiger partial charge in [-0.25, -0.2) is 0 Å². The fourth-order valence-corrected chi connectivity index (χ4v) is 2.70. The number of aryl methyl sites for hydroxylation is 2. The van der Waals surface area contributed by atoms with Crippen LogP contribution < -0.4 is 5.32 Å². The van der Waals surface area contributed by atoms with E-state index in [2.05, 4.69) is 47.2 Å². The van der Waals surface area contributed by atoms with Crippen LogP contribution in [0.3, 0.4) is 0 Å². The number of halogens is 3. The fourth-order valence-electron chi connectivity index (χ4n) is 1.94. The van der Waals surface area contributed by atoms with Crippen molar-refractivity contribution in [3.63, 3.8) is 0 Å². The zero-order valence-corrected chi connectivity index (χ0v) is 13.8. The number of nitrogens with one attached hydrogen (secondary N) is 1. The molecule has 0 aromatic heterocycles. The maximum atomic E-state index is 6.15. The molecule has 0 saturated carbocycles. The molecule has 1 nitrogen and oxygen atoms in total. The normalized spacial score (nSPS) is 10.6. The summed E-state index contributed by atoms with van der Waals surface area (Å²) in [4.78, 5) is 0. The molecule has 19 heavy (non-hydrogen) atoms. The number of rotatable bonds is 3. The van der Waals surface area contributed by atoms with Gasteiger partial charge in [0.25, 0.3) is 0 Å². The smallest absolute Gasteiger partial charge is 0.0470 e. The molecule has 2 aromatic carbocycles. The molecular formula is C15H14BrCl2N. The van der Waals surface area contributed by atoms with Crippen molar-refractivity contribution in [1.29, 1.82) is 0 Å². The summed E-state index contributed by atoms with van der Waals surface area (Å²) >= 11 is 15.9. The van der Waals surface area contributed by atoms with Crippen molar-refractivity contribution < 1.29 is 0 Å². The first-order chi connectivity index (χ1) is 8.99. The van der Waals surface area contributed by atoms with Gasteiger partial charge in [0.05, 0.1) is 0 Å². The van der Waals surface area contributed by atoms with Crippen LogP contribution in [0.2, 0.25) is 10.0 Å². The van der Waals surface area contributed by atoms with E-state index < -0.39 is 0 Å². The monoisotopic (exact) mass is 357 g/mol. The van der Waals surface area contributed by atoms with Crippen LogP contribution >= 0.6 is 39.1 Å². The average molecular weight is 359 g/mol. The summed E-state index contributed by atoms with van der Waals surface area (Å²) in [5, 5.41) is 4.73. The van der Waals surface area contributed by atoms with Gasteiger partial charge in [0.1, 0.15) is 0 Å². The Balaban J connectivity index is 2.19. The number of hydrogen-bond donors (Lipinski definition) is 1. The highest BCUT2D eigenvalue weighted by Crippen LogP contribution is 2.28. The summed E-state index contributed by atoms with van der Waals surface area (Å²) in [6.45, 7) is 4.76. The molecule has 0 fully saturated rings. The summed E-state index contributed by atoms with van der Waals surface area (Å²) in [6, 6.07) is 9.75. The summed E-state index contributed by atoms with van der Waals surface area (Å²) in [5.74, 6) is 0. The molecule has 100 valence electrons. The molecule has 0 atom stereocenters. The standard InChI is InChI=1S/C15H14BrCl2N/c1-9-6-11(7-10(2)15(9)16)19-8-12-13(17)4-3-5-14(12)18/h3-7,19H,8H2,1-2H3. The molecule has 2 rings (SSSR count). The van der Waals surface area contributed by atoms with Crippen molar-refractivity contribution in [2.75, 3.05) is 5.32 Å². The van der Waals surface area contributed by atoms with Gasteiger partial charge in [-0.3, -0.25) is 0 Å². The minimum atomic E-state index is 0.610. The van der Waals surface area contributed by atoms with E-state index in [4.69, 9.17) is 23.2 Å². The molecule has 0 amide bonds. The van der Waals surface area contributed by atoms with Crippen LogP contribution in [-0.2, 0) is 6.54 Å². The van der Waals surface area contributed by atoms with Gasteiger partial charge < -0.3 is 5.32 Å². The van der Waals surface area contributed by atoms with Gasteiger partial charge in [-0.2, -0.15) is 0 Å². The van der Waals surface area contributed by atoms with Crippen molar-refractivity contribution in [2.45, 2.75) is 20.4 Å². The van der Waals surface area contributed by atoms with Gasteiger partial charge in [-0.1, -0.05) is 45.2 Å². The van der Waals surface area contributed by atoms with Crippen molar-refractivity contribution >= 4 is 44.8 Å². The van der Waals surface area contributed by atoms with Crippen LogP contribution in [0.15, 0.2) is 34.8 Å². The molecule has 0 aliphatic rings. The Kier molecular flexibility index (Phi) is 4.77.